The zero-order valence-corrected chi connectivity index (χ0v) is 17.5. The van der Waals surface area contributed by atoms with E-state index >= 15 is 0 Å². The van der Waals surface area contributed by atoms with Gasteiger partial charge in [-0.2, -0.15) is 5.26 Å². The van der Waals surface area contributed by atoms with E-state index in [4.69, 9.17) is 10.5 Å². The van der Waals surface area contributed by atoms with Crippen molar-refractivity contribution in [2.45, 2.75) is 0 Å². The highest BCUT2D eigenvalue weighted by molar-refractivity contribution is 5.57. The van der Waals surface area contributed by atoms with Crippen molar-refractivity contribution in [2.24, 2.45) is 11.7 Å². The van der Waals surface area contributed by atoms with E-state index in [0.29, 0.717) is 5.57 Å². The van der Waals surface area contributed by atoms with Crippen LogP contribution in [0.1, 0.15) is 11.1 Å². The van der Waals surface area contributed by atoms with Gasteiger partial charge in [-0.1, -0.05) is 91.0 Å². The molecule has 0 bridgehead atoms. The molecule has 2 aromatic carbocycles. The number of rotatable bonds is 4. The first kappa shape index (κ1) is 20.5. The summed E-state index contributed by atoms with van der Waals surface area (Å²) in [6.07, 6.45) is 10.3. The first-order valence-electron chi connectivity index (χ1n) is 10.3. The molecule has 4 heteroatoms. The summed E-state index contributed by atoms with van der Waals surface area (Å²) in [5.74, 6) is 0.764. The largest absolute Gasteiger partial charge is 0.440 e. The fraction of sp³-hybridized carbons (Fsp3) is 0.148. The third-order valence-corrected chi connectivity index (χ3v) is 5.41. The molecule has 0 radical (unpaired) electrons. The van der Waals surface area contributed by atoms with Crippen molar-refractivity contribution in [3.8, 4) is 6.07 Å². The van der Waals surface area contributed by atoms with Crippen LogP contribution in [0.2, 0.25) is 0 Å². The van der Waals surface area contributed by atoms with Crippen LogP contribution in [-0.2, 0) is 4.74 Å². The van der Waals surface area contributed by atoms with Gasteiger partial charge < -0.3 is 10.5 Å². The van der Waals surface area contributed by atoms with Gasteiger partial charge in [-0.05, 0) is 23.7 Å². The molecule has 154 valence electrons. The topological polar surface area (TPSA) is 62.3 Å². The first-order chi connectivity index (χ1) is 15.2. The Bertz CT molecular complexity index is 1130. The van der Waals surface area contributed by atoms with Crippen LogP contribution in [0.25, 0.3) is 12.2 Å². The second-order valence-electron chi connectivity index (χ2n) is 7.73. The summed E-state index contributed by atoms with van der Waals surface area (Å²) in [6.45, 7) is 1.47. The Kier molecular flexibility index (Phi) is 6.16. The Morgan fingerprint density at radius 1 is 1.00 bits per heavy atom. The summed E-state index contributed by atoms with van der Waals surface area (Å²) < 4.78 is 5.99. The highest BCUT2D eigenvalue weighted by Gasteiger charge is 2.34. The molecule has 0 fully saturated rings. The lowest BCUT2D eigenvalue weighted by molar-refractivity contribution is 0.248. The number of nitrogens with two attached hydrogens (primary N) is 1. The van der Waals surface area contributed by atoms with Crippen molar-refractivity contribution in [3.05, 3.63) is 118 Å². The van der Waals surface area contributed by atoms with Crippen LogP contribution in [0.4, 0.5) is 0 Å². The highest BCUT2D eigenvalue weighted by atomic mass is 16.5. The Morgan fingerprint density at radius 2 is 1.65 bits per heavy atom. The number of nitriles is 1. The van der Waals surface area contributed by atoms with Crippen molar-refractivity contribution < 1.29 is 4.74 Å². The molecule has 1 unspecified atom stereocenters. The van der Waals surface area contributed by atoms with E-state index in [-0.39, 0.29) is 11.8 Å². The quantitative estimate of drug-likeness (QED) is 0.785. The van der Waals surface area contributed by atoms with Crippen LogP contribution in [0, 0.1) is 17.2 Å². The molecule has 2 aliphatic rings. The second kappa shape index (κ2) is 9.34. The highest BCUT2D eigenvalue weighted by Crippen LogP contribution is 2.38. The van der Waals surface area contributed by atoms with Crippen LogP contribution in [0.5, 0.6) is 0 Å². The van der Waals surface area contributed by atoms with E-state index in [1.54, 1.807) is 0 Å². The summed E-state index contributed by atoms with van der Waals surface area (Å²) in [4.78, 5) is 2.23. The minimum Gasteiger partial charge on any atom is -0.440 e. The summed E-state index contributed by atoms with van der Waals surface area (Å²) in [6, 6.07) is 22.5. The van der Waals surface area contributed by atoms with Gasteiger partial charge in [-0.25, -0.2) is 0 Å². The van der Waals surface area contributed by atoms with Gasteiger partial charge in [-0.3, -0.25) is 4.90 Å². The number of hydrogen-bond acceptors (Lipinski definition) is 4. The molecule has 0 aliphatic carbocycles. The molecular weight excluding hydrogens is 382 g/mol. The maximum absolute atomic E-state index is 9.75. The molecule has 0 saturated carbocycles. The average Bonchev–Trinajstić information content (AvgIpc) is 2.79. The van der Waals surface area contributed by atoms with Crippen molar-refractivity contribution in [1.29, 1.82) is 5.26 Å². The Morgan fingerprint density at radius 3 is 2.29 bits per heavy atom. The third-order valence-electron chi connectivity index (χ3n) is 5.41. The number of nitrogens with zero attached hydrogens (tertiary/aromatic N) is 2. The molecule has 2 heterocycles. The van der Waals surface area contributed by atoms with Gasteiger partial charge in [0.15, 0.2) is 0 Å². The Labute approximate surface area is 183 Å². The zero-order chi connectivity index (χ0) is 21.6. The van der Waals surface area contributed by atoms with Gasteiger partial charge in [0.25, 0.3) is 0 Å². The van der Waals surface area contributed by atoms with Crippen LogP contribution >= 0.6 is 0 Å². The van der Waals surface area contributed by atoms with Gasteiger partial charge >= 0.3 is 0 Å². The van der Waals surface area contributed by atoms with E-state index in [1.807, 2.05) is 60.7 Å². The monoisotopic (exact) mass is 407 g/mol. The standard InChI is InChI=1S/C27H25N3O/c1-30-18-22(14-8-13-20-9-4-2-5-10-20)26-25(19-30)23(24(17-28)27(29)31-26)16-15-21-11-6-3-7-12-21/h2-16,23H,18-19,29H2,1H3/b13-8+,16-15+,22-14+. The number of likely N-dealkylation sites (N-methyl/N-ethyl adjacent to an activating group) is 1. The maximum Gasteiger partial charge on any atom is 0.205 e. The molecule has 2 aromatic rings. The normalized spacial score (nSPS) is 20.9. The summed E-state index contributed by atoms with van der Waals surface area (Å²) in [5, 5.41) is 9.75. The number of ether oxygens (including phenoxy) is 1. The predicted octanol–water partition coefficient (Wildman–Crippen LogP) is 4.88. The predicted molar refractivity (Wildman–Crippen MR) is 125 cm³/mol. The van der Waals surface area contributed by atoms with Crippen molar-refractivity contribution in [3.63, 3.8) is 0 Å². The Hall–Kier alpha value is -3.81. The Balaban J connectivity index is 1.70. The van der Waals surface area contributed by atoms with E-state index in [9.17, 15) is 5.26 Å². The van der Waals surface area contributed by atoms with Gasteiger partial charge in [0.2, 0.25) is 5.88 Å². The van der Waals surface area contributed by atoms with Gasteiger partial charge in [0.05, 0.1) is 0 Å². The SMILES string of the molecule is CN1CC2=C(OC(N)=C(C#N)C2/C=C/c2ccccc2)/C(=C/C=C/c2ccccc2)C1. The van der Waals surface area contributed by atoms with E-state index in [1.165, 1.54) is 0 Å². The average molecular weight is 408 g/mol. The molecule has 0 aromatic heterocycles. The van der Waals surface area contributed by atoms with E-state index in [2.05, 4.69) is 48.4 Å². The van der Waals surface area contributed by atoms with Crippen LogP contribution < -0.4 is 5.73 Å². The summed E-state index contributed by atoms with van der Waals surface area (Å²) in [5.41, 5.74) is 11.0. The molecule has 0 spiro atoms. The molecular formula is C27H25N3O. The fourth-order valence-electron chi connectivity index (χ4n) is 3.93. The minimum atomic E-state index is -0.210. The summed E-state index contributed by atoms with van der Waals surface area (Å²) >= 11 is 0. The van der Waals surface area contributed by atoms with Crippen molar-refractivity contribution in [1.82, 2.24) is 4.90 Å². The fourth-order valence-corrected chi connectivity index (χ4v) is 3.93. The van der Waals surface area contributed by atoms with Crippen molar-refractivity contribution in [2.75, 3.05) is 20.1 Å². The van der Waals surface area contributed by atoms with Crippen molar-refractivity contribution >= 4 is 12.2 Å². The molecule has 1 atom stereocenters. The molecule has 2 aliphatic heterocycles. The summed E-state index contributed by atoms with van der Waals surface area (Å²) in [7, 11) is 2.07. The first-order valence-corrected chi connectivity index (χ1v) is 10.3. The molecule has 31 heavy (non-hydrogen) atoms. The molecule has 4 rings (SSSR count). The maximum atomic E-state index is 9.75. The van der Waals surface area contributed by atoms with Gasteiger partial charge in [0.1, 0.15) is 17.4 Å². The second-order valence-corrected chi connectivity index (χ2v) is 7.73. The third kappa shape index (κ3) is 4.69. The lowest BCUT2D eigenvalue weighted by Crippen LogP contribution is -2.36. The lowest BCUT2D eigenvalue weighted by atomic mass is 9.84. The van der Waals surface area contributed by atoms with Crippen LogP contribution in [0.3, 0.4) is 0 Å². The van der Waals surface area contributed by atoms with Crippen LogP contribution in [0.15, 0.2) is 107 Å². The van der Waals surface area contributed by atoms with Gasteiger partial charge in [0, 0.05) is 24.6 Å². The number of benzene rings is 2. The molecule has 0 saturated heterocycles. The molecule has 0 amide bonds. The minimum absolute atomic E-state index is 0.187. The lowest BCUT2D eigenvalue weighted by Gasteiger charge is -2.35. The van der Waals surface area contributed by atoms with E-state index in [0.717, 1.165) is 41.1 Å². The molecule has 4 nitrogen and oxygen atoms in total. The molecule has 2 N–H and O–H groups in total. The van der Waals surface area contributed by atoms with Gasteiger partial charge in [-0.15, -0.1) is 0 Å². The smallest absolute Gasteiger partial charge is 0.205 e. The van der Waals surface area contributed by atoms with E-state index < -0.39 is 0 Å². The number of hydrogen-bond donors (Lipinski definition) is 1. The number of allylic oxidation sites excluding steroid dienone is 4. The van der Waals surface area contributed by atoms with Crippen LogP contribution in [-0.4, -0.2) is 25.0 Å². The zero-order valence-electron chi connectivity index (χ0n) is 17.5.